The van der Waals surface area contributed by atoms with Gasteiger partial charge in [-0.1, -0.05) is 6.92 Å². The van der Waals surface area contributed by atoms with E-state index < -0.39 is 0 Å². The lowest BCUT2D eigenvalue weighted by Gasteiger charge is -2.36. The predicted molar refractivity (Wildman–Crippen MR) is 63.9 cm³/mol. The molecule has 1 fully saturated rings. The Kier molecular flexibility index (Phi) is 5.03. The van der Waals surface area contributed by atoms with Gasteiger partial charge in [-0.25, -0.2) is 0 Å². The number of ether oxygens (including phenoxy) is 1. The number of hydrogen-bond acceptors (Lipinski definition) is 3. The Bertz CT molecular complexity index is 184. The molecular formula is C12H26N2O. The van der Waals surface area contributed by atoms with E-state index in [-0.39, 0.29) is 0 Å². The fraction of sp³-hybridized carbons (Fsp3) is 1.00. The second-order valence-electron chi connectivity index (χ2n) is 4.79. The van der Waals surface area contributed by atoms with Crippen molar-refractivity contribution in [1.29, 1.82) is 0 Å². The van der Waals surface area contributed by atoms with E-state index in [1.54, 1.807) is 0 Å². The molecule has 0 saturated carbocycles. The molecule has 2 N–H and O–H groups in total. The second kappa shape index (κ2) is 5.83. The van der Waals surface area contributed by atoms with Crippen molar-refractivity contribution in [2.45, 2.75) is 64.8 Å². The Morgan fingerprint density at radius 2 is 2.07 bits per heavy atom. The van der Waals surface area contributed by atoms with Crippen LogP contribution in [0, 0.1) is 0 Å². The van der Waals surface area contributed by atoms with E-state index in [0.717, 1.165) is 13.0 Å². The van der Waals surface area contributed by atoms with Gasteiger partial charge in [0.25, 0.3) is 0 Å². The monoisotopic (exact) mass is 214 g/mol. The Morgan fingerprint density at radius 1 is 1.40 bits per heavy atom. The average molecular weight is 214 g/mol. The maximum atomic E-state index is 5.93. The molecule has 3 atom stereocenters. The van der Waals surface area contributed by atoms with Crippen molar-refractivity contribution in [3.8, 4) is 0 Å². The minimum atomic E-state index is 0.340. The van der Waals surface area contributed by atoms with Gasteiger partial charge in [-0.2, -0.15) is 0 Å². The zero-order valence-corrected chi connectivity index (χ0v) is 10.6. The summed E-state index contributed by atoms with van der Waals surface area (Å²) >= 11 is 0. The van der Waals surface area contributed by atoms with Crippen molar-refractivity contribution >= 4 is 0 Å². The van der Waals surface area contributed by atoms with Crippen molar-refractivity contribution in [3.63, 3.8) is 0 Å². The van der Waals surface area contributed by atoms with Gasteiger partial charge in [-0.3, -0.25) is 4.90 Å². The lowest BCUT2D eigenvalue weighted by atomic mass is 10.0. The number of nitrogens with two attached hydrogens (primary N) is 1. The van der Waals surface area contributed by atoms with E-state index in [1.807, 2.05) is 0 Å². The van der Waals surface area contributed by atoms with Gasteiger partial charge in [0.2, 0.25) is 0 Å². The van der Waals surface area contributed by atoms with Crippen LogP contribution in [0.4, 0.5) is 0 Å². The highest BCUT2D eigenvalue weighted by molar-refractivity contribution is 4.86. The topological polar surface area (TPSA) is 38.5 Å². The summed E-state index contributed by atoms with van der Waals surface area (Å²) in [6, 6.07) is 0.933. The van der Waals surface area contributed by atoms with Crippen LogP contribution in [0.5, 0.6) is 0 Å². The SMILES string of the molecule is CCN(C(C)C)C(CN)C1CCC(C)O1. The summed E-state index contributed by atoms with van der Waals surface area (Å²) in [6.07, 6.45) is 3.09. The normalized spacial score (nSPS) is 29.0. The van der Waals surface area contributed by atoms with E-state index in [1.165, 1.54) is 6.42 Å². The lowest BCUT2D eigenvalue weighted by Crippen LogP contribution is -2.51. The van der Waals surface area contributed by atoms with Gasteiger partial charge in [-0.15, -0.1) is 0 Å². The highest BCUT2D eigenvalue weighted by Crippen LogP contribution is 2.24. The first kappa shape index (κ1) is 12.9. The minimum absolute atomic E-state index is 0.340. The zero-order valence-electron chi connectivity index (χ0n) is 10.6. The Balaban J connectivity index is 2.60. The first-order valence-electron chi connectivity index (χ1n) is 6.21. The Morgan fingerprint density at radius 3 is 2.40 bits per heavy atom. The molecule has 0 bridgehead atoms. The fourth-order valence-corrected chi connectivity index (χ4v) is 2.60. The van der Waals surface area contributed by atoms with Crippen molar-refractivity contribution in [3.05, 3.63) is 0 Å². The molecule has 3 nitrogen and oxygen atoms in total. The summed E-state index contributed by atoms with van der Waals surface area (Å²) in [5.74, 6) is 0. The van der Waals surface area contributed by atoms with Gasteiger partial charge in [0.15, 0.2) is 0 Å². The van der Waals surface area contributed by atoms with Crippen LogP contribution < -0.4 is 5.73 Å². The summed E-state index contributed by atoms with van der Waals surface area (Å²) in [6.45, 7) is 10.5. The quantitative estimate of drug-likeness (QED) is 0.755. The first-order valence-corrected chi connectivity index (χ1v) is 6.21. The molecule has 0 spiro atoms. The molecule has 1 aliphatic heterocycles. The maximum Gasteiger partial charge on any atom is 0.0747 e. The molecule has 90 valence electrons. The van der Waals surface area contributed by atoms with Gasteiger partial charge in [0.1, 0.15) is 0 Å². The van der Waals surface area contributed by atoms with Crippen LogP contribution in [-0.2, 0) is 4.74 Å². The highest BCUT2D eigenvalue weighted by Gasteiger charge is 2.32. The number of likely N-dealkylation sites (N-methyl/N-ethyl adjacent to an activating group) is 1. The third-order valence-electron chi connectivity index (χ3n) is 3.39. The van der Waals surface area contributed by atoms with E-state index in [4.69, 9.17) is 10.5 Å². The van der Waals surface area contributed by atoms with Crippen LogP contribution in [0.3, 0.4) is 0 Å². The van der Waals surface area contributed by atoms with Crippen LogP contribution in [0.15, 0.2) is 0 Å². The summed E-state index contributed by atoms with van der Waals surface area (Å²) in [5.41, 5.74) is 5.89. The molecule has 3 heteroatoms. The number of nitrogens with zero attached hydrogens (tertiary/aromatic N) is 1. The van der Waals surface area contributed by atoms with Crippen LogP contribution in [-0.4, -0.2) is 42.3 Å². The van der Waals surface area contributed by atoms with Crippen molar-refractivity contribution in [1.82, 2.24) is 4.90 Å². The molecular weight excluding hydrogens is 188 g/mol. The number of rotatable bonds is 5. The summed E-state index contributed by atoms with van der Waals surface area (Å²) in [7, 11) is 0. The molecule has 1 aliphatic rings. The average Bonchev–Trinajstić information content (AvgIpc) is 2.60. The number of hydrogen-bond donors (Lipinski definition) is 1. The summed E-state index contributed by atoms with van der Waals surface area (Å²) in [5, 5.41) is 0. The maximum absolute atomic E-state index is 5.93. The van der Waals surface area contributed by atoms with Crippen molar-refractivity contribution < 1.29 is 4.74 Å². The zero-order chi connectivity index (χ0) is 11.4. The summed E-state index contributed by atoms with van der Waals surface area (Å²) in [4.78, 5) is 2.45. The largest absolute Gasteiger partial charge is 0.374 e. The van der Waals surface area contributed by atoms with Crippen LogP contribution in [0.1, 0.15) is 40.5 Å². The first-order chi connectivity index (χ1) is 7.10. The van der Waals surface area contributed by atoms with Crippen LogP contribution in [0.25, 0.3) is 0 Å². The molecule has 1 saturated heterocycles. The second-order valence-corrected chi connectivity index (χ2v) is 4.79. The summed E-state index contributed by atoms with van der Waals surface area (Å²) < 4.78 is 5.93. The van der Waals surface area contributed by atoms with Gasteiger partial charge in [0.05, 0.1) is 12.2 Å². The fourth-order valence-electron chi connectivity index (χ4n) is 2.60. The molecule has 3 unspecified atom stereocenters. The van der Waals surface area contributed by atoms with Crippen LogP contribution >= 0.6 is 0 Å². The van der Waals surface area contributed by atoms with Crippen molar-refractivity contribution in [2.75, 3.05) is 13.1 Å². The van der Waals surface area contributed by atoms with E-state index >= 15 is 0 Å². The highest BCUT2D eigenvalue weighted by atomic mass is 16.5. The molecule has 1 heterocycles. The molecule has 0 amide bonds. The smallest absolute Gasteiger partial charge is 0.0747 e. The minimum Gasteiger partial charge on any atom is -0.374 e. The lowest BCUT2D eigenvalue weighted by molar-refractivity contribution is -0.0118. The molecule has 0 radical (unpaired) electrons. The predicted octanol–water partition coefficient (Wildman–Crippen LogP) is 1.61. The molecule has 15 heavy (non-hydrogen) atoms. The Hall–Kier alpha value is -0.120. The molecule has 0 aliphatic carbocycles. The van der Waals surface area contributed by atoms with E-state index in [0.29, 0.717) is 30.8 Å². The van der Waals surface area contributed by atoms with Crippen molar-refractivity contribution in [2.24, 2.45) is 5.73 Å². The third kappa shape index (κ3) is 3.16. The third-order valence-corrected chi connectivity index (χ3v) is 3.39. The van der Waals surface area contributed by atoms with Crippen LogP contribution in [0.2, 0.25) is 0 Å². The van der Waals surface area contributed by atoms with Gasteiger partial charge < -0.3 is 10.5 Å². The molecule has 1 rings (SSSR count). The van der Waals surface area contributed by atoms with E-state index in [9.17, 15) is 0 Å². The van der Waals surface area contributed by atoms with Gasteiger partial charge in [0, 0.05) is 18.6 Å². The molecule has 0 aromatic carbocycles. The standard InChI is InChI=1S/C12H26N2O/c1-5-14(9(2)3)11(8-13)12-7-6-10(4)15-12/h9-12H,5-8,13H2,1-4H3. The van der Waals surface area contributed by atoms with Gasteiger partial charge >= 0.3 is 0 Å². The van der Waals surface area contributed by atoms with E-state index in [2.05, 4.69) is 32.6 Å². The molecule has 0 aromatic rings. The molecule has 0 aromatic heterocycles. The Labute approximate surface area is 94.0 Å². The van der Waals surface area contributed by atoms with Gasteiger partial charge in [-0.05, 0) is 40.2 Å².